The lowest BCUT2D eigenvalue weighted by Crippen LogP contribution is -2.17. The molecule has 1 heterocycles. The van der Waals surface area contributed by atoms with E-state index in [1.807, 2.05) is 0 Å². The largest absolute Gasteiger partial charge is 0.325 e. The Labute approximate surface area is 122 Å². The van der Waals surface area contributed by atoms with E-state index in [-0.39, 0.29) is 29.8 Å². The SMILES string of the molecule is O=C(CC1CCS(=O)(=O)C1)Nc1ccc(Cl)cc1Cl. The van der Waals surface area contributed by atoms with E-state index < -0.39 is 9.84 Å². The van der Waals surface area contributed by atoms with E-state index in [1.54, 1.807) is 18.2 Å². The molecule has 1 amide bonds. The molecule has 7 heteroatoms. The first-order chi connectivity index (χ1) is 8.85. The fourth-order valence-electron chi connectivity index (χ4n) is 2.09. The summed E-state index contributed by atoms with van der Waals surface area (Å²) in [5.41, 5.74) is 0.483. The molecule has 1 fully saturated rings. The lowest BCUT2D eigenvalue weighted by atomic mass is 10.1. The Balaban J connectivity index is 1.95. The van der Waals surface area contributed by atoms with Crippen LogP contribution in [0.25, 0.3) is 0 Å². The van der Waals surface area contributed by atoms with Gasteiger partial charge in [0.2, 0.25) is 5.91 Å². The van der Waals surface area contributed by atoms with E-state index in [0.717, 1.165) is 0 Å². The van der Waals surface area contributed by atoms with Gasteiger partial charge in [-0.15, -0.1) is 0 Å². The van der Waals surface area contributed by atoms with Crippen molar-refractivity contribution in [1.29, 1.82) is 0 Å². The third kappa shape index (κ3) is 4.09. The average Bonchev–Trinajstić information content (AvgIpc) is 2.62. The van der Waals surface area contributed by atoms with Crippen molar-refractivity contribution in [2.75, 3.05) is 16.8 Å². The minimum atomic E-state index is -2.95. The van der Waals surface area contributed by atoms with Crippen LogP contribution in [0.5, 0.6) is 0 Å². The molecule has 1 aliphatic heterocycles. The molecule has 19 heavy (non-hydrogen) atoms. The highest BCUT2D eigenvalue weighted by Gasteiger charge is 2.29. The summed E-state index contributed by atoms with van der Waals surface area (Å²) < 4.78 is 22.6. The number of sulfone groups is 1. The number of amides is 1. The van der Waals surface area contributed by atoms with Gasteiger partial charge in [0.15, 0.2) is 9.84 Å². The van der Waals surface area contributed by atoms with Crippen LogP contribution in [-0.2, 0) is 14.6 Å². The van der Waals surface area contributed by atoms with Gasteiger partial charge in [-0.2, -0.15) is 0 Å². The Morgan fingerprint density at radius 3 is 2.68 bits per heavy atom. The van der Waals surface area contributed by atoms with Gasteiger partial charge in [-0.05, 0) is 30.5 Å². The van der Waals surface area contributed by atoms with Crippen molar-refractivity contribution in [2.24, 2.45) is 5.92 Å². The maximum absolute atomic E-state index is 11.8. The summed E-state index contributed by atoms with van der Waals surface area (Å²) in [6.07, 6.45) is 0.738. The van der Waals surface area contributed by atoms with E-state index >= 15 is 0 Å². The molecule has 0 saturated carbocycles. The molecule has 2 rings (SSSR count). The highest BCUT2D eigenvalue weighted by atomic mass is 35.5. The zero-order valence-corrected chi connectivity index (χ0v) is 12.4. The molecule has 1 N–H and O–H groups in total. The predicted octanol–water partition coefficient (Wildman–Crippen LogP) is 2.76. The fraction of sp³-hybridized carbons (Fsp3) is 0.417. The molecule has 1 aromatic carbocycles. The monoisotopic (exact) mass is 321 g/mol. The van der Waals surface area contributed by atoms with Gasteiger partial charge in [-0.3, -0.25) is 4.79 Å². The van der Waals surface area contributed by atoms with Crippen molar-refractivity contribution in [3.63, 3.8) is 0 Å². The minimum Gasteiger partial charge on any atom is -0.325 e. The maximum Gasteiger partial charge on any atom is 0.224 e. The molecule has 0 spiro atoms. The molecule has 0 aromatic heterocycles. The number of carbonyl (C=O) groups is 1. The first-order valence-electron chi connectivity index (χ1n) is 5.81. The standard InChI is InChI=1S/C12H13Cl2NO3S/c13-9-1-2-11(10(14)6-9)15-12(16)5-8-3-4-19(17,18)7-8/h1-2,6,8H,3-5,7H2,(H,15,16). The van der Waals surface area contributed by atoms with Crippen LogP contribution in [0.15, 0.2) is 18.2 Å². The topological polar surface area (TPSA) is 63.2 Å². The summed E-state index contributed by atoms with van der Waals surface area (Å²) in [5, 5.41) is 3.52. The van der Waals surface area contributed by atoms with Crippen molar-refractivity contribution in [3.8, 4) is 0 Å². The summed E-state index contributed by atoms with van der Waals surface area (Å²) in [4.78, 5) is 11.8. The van der Waals surface area contributed by atoms with E-state index in [4.69, 9.17) is 23.2 Å². The van der Waals surface area contributed by atoms with Crippen molar-refractivity contribution in [3.05, 3.63) is 28.2 Å². The van der Waals surface area contributed by atoms with E-state index in [0.29, 0.717) is 22.2 Å². The molecule has 1 saturated heterocycles. The van der Waals surface area contributed by atoms with E-state index in [9.17, 15) is 13.2 Å². The molecule has 1 aliphatic rings. The van der Waals surface area contributed by atoms with Crippen LogP contribution in [0.4, 0.5) is 5.69 Å². The van der Waals surface area contributed by atoms with Crippen LogP contribution in [-0.4, -0.2) is 25.8 Å². The average molecular weight is 322 g/mol. The van der Waals surface area contributed by atoms with E-state index in [1.165, 1.54) is 0 Å². The summed E-state index contributed by atoms with van der Waals surface area (Å²) in [6.45, 7) is 0. The van der Waals surface area contributed by atoms with Gasteiger partial charge in [0.25, 0.3) is 0 Å². The van der Waals surface area contributed by atoms with Gasteiger partial charge < -0.3 is 5.32 Å². The van der Waals surface area contributed by atoms with Crippen LogP contribution < -0.4 is 5.32 Å². The van der Waals surface area contributed by atoms with Crippen molar-refractivity contribution in [1.82, 2.24) is 0 Å². The molecule has 104 valence electrons. The molecule has 0 radical (unpaired) electrons. The van der Waals surface area contributed by atoms with Crippen LogP contribution in [0, 0.1) is 5.92 Å². The third-order valence-corrected chi connectivity index (χ3v) is 5.39. The molecule has 1 atom stereocenters. The van der Waals surface area contributed by atoms with E-state index in [2.05, 4.69) is 5.32 Å². The molecule has 0 bridgehead atoms. The minimum absolute atomic E-state index is 0.0920. The number of hydrogen-bond donors (Lipinski definition) is 1. The van der Waals surface area contributed by atoms with Gasteiger partial charge in [-0.1, -0.05) is 23.2 Å². The van der Waals surface area contributed by atoms with Crippen molar-refractivity contribution in [2.45, 2.75) is 12.8 Å². The smallest absolute Gasteiger partial charge is 0.224 e. The van der Waals surface area contributed by atoms with Gasteiger partial charge in [0.05, 0.1) is 22.2 Å². The van der Waals surface area contributed by atoms with Gasteiger partial charge in [-0.25, -0.2) is 8.42 Å². The molecule has 1 aromatic rings. The molecular formula is C12H13Cl2NO3S. The Hall–Kier alpha value is -0.780. The maximum atomic E-state index is 11.8. The number of nitrogens with one attached hydrogen (secondary N) is 1. The van der Waals surface area contributed by atoms with Gasteiger partial charge in [0.1, 0.15) is 0 Å². The first-order valence-corrected chi connectivity index (χ1v) is 8.39. The molecular weight excluding hydrogens is 309 g/mol. The lowest BCUT2D eigenvalue weighted by molar-refractivity contribution is -0.116. The van der Waals surface area contributed by atoms with Crippen LogP contribution in [0.3, 0.4) is 0 Å². The number of halogens is 2. The first kappa shape index (κ1) is 14.6. The number of rotatable bonds is 3. The number of benzene rings is 1. The summed E-state index contributed by atoms with van der Waals surface area (Å²) >= 11 is 11.7. The summed E-state index contributed by atoms with van der Waals surface area (Å²) in [7, 11) is -2.95. The highest BCUT2D eigenvalue weighted by molar-refractivity contribution is 7.91. The zero-order valence-electron chi connectivity index (χ0n) is 10.0. The summed E-state index contributed by atoms with van der Waals surface area (Å²) in [5.74, 6) is -0.0658. The second-order valence-corrected chi connectivity index (χ2v) is 7.72. The highest BCUT2D eigenvalue weighted by Crippen LogP contribution is 2.27. The summed E-state index contributed by atoms with van der Waals surface area (Å²) in [6, 6.07) is 4.79. The Morgan fingerprint density at radius 1 is 1.37 bits per heavy atom. The normalized spacial score (nSPS) is 21.3. The number of hydrogen-bond acceptors (Lipinski definition) is 3. The van der Waals surface area contributed by atoms with Crippen molar-refractivity contribution >= 4 is 44.6 Å². The Kier molecular flexibility index (Phi) is 4.38. The Morgan fingerprint density at radius 2 is 2.11 bits per heavy atom. The number of carbonyl (C=O) groups excluding carboxylic acids is 1. The molecule has 0 aliphatic carbocycles. The Bertz CT molecular complexity index is 601. The second-order valence-electron chi connectivity index (χ2n) is 4.65. The van der Waals surface area contributed by atoms with Gasteiger partial charge >= 0.3 is 0 Å². The molecule has 4 nitrogen and oxygen atoms in total. The van der Waals surface area contributed by atoms with Crippen LogP contribution in [0.1, 0.15) is 12.8 Å². The van der Waals surface area contributed by atoms with Crippen LogP contribution in [0.2, 0.25) is 10.0 Å². The fourth-order valence-corrected chi connectivity index (χ4v) is 4.40. The quantitative estimate of drug-likeness (QED) is 0.931. The van der Waals surface area contributed by atoms with Crippen LogP contribution >= 0.6 is 23.2 Å². The lowest BCUT2D eigenvalue weighted by Gasteiger charge is -2.10. The number of anilines is 1. The molecule has 1 unspecified atom stereocenters. The predicted molar refractivity (Wildman–Crippen MR) is 76.5 cm³/mol. The van der Waals surface area contributed by atoms with Crippen molar-refractivity contribution < 1.29 is 13.2 Å². The van der Waals surface area contributed by atoms with Gasteiger partial charge in [0, 0.05) is 11.4 Å². The zero-order chi connectivity index (χ0) is 14.0. The third-order valence-electron chi connectivity index (χ3n) is 3.01. The second kappa shape index (κ2) is 5.69.